The number of nitrogens with one attached hydrogen (secondary N) is 1. The molecule has 0 amide bonds. The number of hydrogen-bond donors (Lipinski definition) is 2. The molecule has 2 aromatic heterocycles. The summed E-state index contributed by atoms with van der Waals surface area (Å²) in [6, 6.07) is 1.79. The van der Waals surface area contributed by atoms with Gasteiger partial charge in [0, 0.05) is 5.69 Å². The van der Waals surface area contributed by atoms with Crippen LogP contribution >= 0.6 is 0 Å². The highest BCUT2D eigenvalue weighted by atomic mass is 19.4. The van der Waals surface area contributed by atoms with Gasteiger partial charge in [0.15, 0.2) is 5.82 Å². The van der Waals surface area contributed by atoms with Crippen molar-refractivity contribution in [2.75, 3.05) is 5.43 Å². The van der Waals surface area contributed by atoms with Crippen molar-refractivity contribution in [2.45, 2.75) is 26.9 Å². The van der Waals surface area contributed by atoms with Crippen LogP contribution in [-0.4, -0.2) is 14.8 Å². The molecule has 0 aromatic carbocycles. The summed E-state index contributed by atoms with van der Waals surface area (Å²) in [6.07, 6.45) is -4.48. The Balaban J connectivity index is 2.64. The first-order valence-electron chi connectivity index (χ1n) is 5.83. The van der Waals surface area contributed by atoms with E-state index >= 15 is 0 Å². The fourth-order valence-electron chi connectivity index (χ4n) is 1.81. The molecule has 108 valence electrons. The zero-order valence-corrected chi connectivity index (χ0v) is 11.2. The van der Waals surface area contributed by atoms with Crippen molar-refractivity contribution in [2.24, 2.45) is 5.84 Å². The van der Waals surface area contributed by atoms with E-state index in [0.29, 0.717) is 0 Å². The minimum Gasteiger partial charge on any atom is -0.308 e. The van der Waals surface area contributed by atoms with Gasteiger partial charge in [-0.05, 0) is 38.5 Å². The second-order valence-corrected chi connectivity index (χ2v) is 4.45. The number of rotatable bonds is 2. The first kappa shape index (κ1) is 14.3. The second kappa shape index (κ2) is 4.78. The number of pyridine rings is 1. The van der Waals surface area contributed by atoms with E-state index in [1.54, 1.807) is 13.8 Å². The number of nitrogen functional groups attached to an aromatic ring is 1. The summed E-state index contributed by atoms with van der Waals surface area (Å²) in [5.41, 5.74) is 3.69. The lowest BCUT2D eigenvalue weighted by Crippen LogP contribution is -2.14. The van der Waals surface area contributed by atoms with Crippen LogP contribution < -0.4 is 11.3 Å². The average Bonchev–Trinajstić information content (AvgIpc) is 2.65. The predicted molar refractivity (Wildman–Crippen MR) is 68.4 cm³/mol. The maximum Gasteiger partial charge on any atom is 0.416 e. The molecule has 0 aliphatic carbocycles. The summed E-state index contributed by atoms with van der Waals surface area (Å²) < 4.78 is 40.0. The van der Waals surface area contributed by atoms with Gasteiger partial charge in [-0.15, -0.1) is 0 Å². The number of nitrogens with two attached hydrogens (primary N) is 1. The number of hydrazine groups is 1. The molecule has 0 atom stereocenters. The molecule has 20 heavy (non-hydrogen) atoms. The Morgan fingerprint density at radius 1 is 1.20 bits per heavy atom. The Hall–Kier alpha value is -2.09. The van der Waals surface area contributed by atoms with Crippen LogP contribution in [0.3, 0.4) is 0 Å². The maximum atomic E-state index is 12.9. The molecule has 8 heteroatoms. The van der Waals surface area contributed by atoms with E-state index in [1.807, 2.05) is 6.92 Å². The van der Waals surface area contributed by atoms with Crippen molar-refractivity contribution < 1.29 is 13.2 Å². The van der Waals surface area contributed by atoms with Gasteiger partial charge in [-0.1, -0.05) is 0 Å². The molecule has 5 nitrogen and oxygen atoms in total. The largest absolute Gasteiger partial charge is 0.416 e. The molecule has 3 N–H and O–H groups in total. The summed E-state index contributed by atoms with van der Waals surface area (Å²) in [4.78, 5) is 4.02. The second-order valence-electron chi connectivity index (χ2n) is 4.45. The van der Waals surface area contributed by atoms with E-state index in [4.69, 9.17) is 5.84 Å². The molecule has 0 saturated carbocycles. The number of hydrogen-bond acceptors (Lipinski definition) is 4. The Morgan fingerprint density at radius 2 is 1.85 bits per heavy atom. The SMILES string of the molecule is Cc1nn(-c2cc(C(F)(F)F)cc(NN)n2)c(C)c1C. The van der Waals surface area contributed by atoms with Crippen LogP contribution in [0.1, 0.15) is 22.5 Å². The molecule has 2 heterocycles. The van der Waals surface area contributed by atoms with Crippen molar-refractivity contribution in [3.63, 3.8) is 0 Å². The topological polar surface area (TPSA) is 68.8 Å². The number of anilines is 1. The molecule has 2 rings (SSSR count). The molecular weight excluding hydrogens is 271 g/mol. The zero-order chi connectivity index (χ0) is 15.1. The Kier molecular flexibility index (Phi) is 3.43. The van der Waals surface area contributed by atoms with Gasteiger partial charge in [0.05, 0.1) is 11.3 Å². The first-order valence-corrected chi connectivity index (χ1v) is 5.83. The zero-order valence-electron chi connectivity index (χ0n) is 11.2. The van der Waals surface area contributed by atoms with Crippen LogP contribution in [0, 0.1) is 20.8 Å². The standard InChI is InChI=1S/C12H14F3N5/c1-6-7(2)19-20(8(6)3)11-5-9(12(13,14)15)4-10(17-11)18-16/h4-5H,16H2,1-3H3,(H,17,18). The molecule has 0 aliphatic rings. The number of nitrogens with zero attached hydrogens (tertiary/aromatic N) is 3. The minimum absolute atomic E-state index is 0.0694. The summed E-state index contributed by atoms with van der Waals surface area (Å²) >= 11 is 0. The minimum atomic E-state index is -4.48. The Bertz CT molecular complexity index is 645. The van der Waals surface area contributed by atoms with E-state index in [0.717, 1.165) is 29.1 Å². The normalized spacial score (nSPS) is 11.8. The van der Waals surface area contributed by atoms with Crippen LogP contribution in [0.15, 0.2) is 12.1 Å². The molecule has 0 bridgehead atoms. The van der Waals surface area contributed by atoms with Crippen LogP contribution in [0.2, 0.25) is 0 Å². The van der Waals surface area contributed by atoms with Gasteiger partial charge in [-0.2, -0.15) is 18.3 Å². The third kappa shape index (κ3) is 2.46. The van der Waals surface area contributed by atoms with Crippen molar-refractivity contribution in [1.82, 2.24) is 14.8 Å². The highest BCUT2D eigenvalue weighted by Gasteiger charge is 2.32. The van der Waals surface area contributed by atoms with Crippen molar-refractivity contribution in [3.05, 3.63) is 34.6 Å². The van der Waals surface area contributed by atoms with Crippen molar-refractivity contribution in [3.8, 4) is 5.82 Å². The number of alkyl halides is 3. The Morgan fingerprint density at radius 3 is 2.30 bits per heavy atom. The van der Waals surface area contributed by atoms with Gasteiger partial charge in [0.2, 0.25) is 0 Å². The summed E-state index contributed by atoms with van der Waals surface area (Å²) in [5, 5.41) is 4.20. The lowest BCUT2D eigenvalue weighted by atomic mass is 10.2. The lowest BCUT2D eigenvalue weighted by molar-refractivity contribution is -0.137. The molecule has 0 saturated heterocycles. The van der Waals surface area contributed by atoms with Crippen LogP contribution in [0.5, 0.6) is 0 Å². The number of halogens is 3. The molecule has 2 aromatic rings. The third-order valence-corrected chi connectivity index (χ3v) is 3.16. The molecule has 0 unspecified atom stereocenters. The van der Waals surface area contributed by atoms with E-state index in [9.17, 15) is 13.2 Å². The maximum absolute atomic E-state index is 12.9. The van der Waals surface area contributed by atoms with Gasteiger partial charge < -0.3 is 5.43 Å². The van der Waals surface area contributed by atoms with Crippen LogP contribution in [0.25, 0.3) is 5.82 Å². The van der Waals surface area contributed by atoms with Gasteiger partial charge >= 0.3 is 6.18 Å². The lowest BCUT2D eigenvalue weighted by Gasteiger charge is -2.12. The molecule has 0 aliphatic heterocycles. The first-order chi connectivity index (χ1) is 9.24. The predicted octanol–water partition coefficient (Wildman–Crippen LogP) is 2.50. The van der Waals surface area contributed by atoms with E-state index in [2.05, 4.69) is 15.5 Å². The Labute approximate surface area is 113 Å². The summed E-state index contributed by atoms with van der Waals surface area (Å²) in [5.74, 6) is 5.17. The fraction of sp³-hybridized carbons (Fsp3) is 0.333. The van der Waals surface area contributed by atoms with Crippen LogP contribution in [0.4, 0.5) is 19.0 Å². The average molecular weight is 285 g/mol. The van der Waals surface area contributed by atoms with Gasteiger partial charge in [0.1, 0.15) is 5.82 Å². The molecular formula is C12H14F3N5. The third-order valence-electron chi connectivity index (χ3n) is 3.16. The fourth-order valence-corrected chi connectivity index (χ4v) is 1.81. The number of aromatic nitrogens is 3. The summed E-state index contributed by atoms with van der Waals surface area (Å²) in [6.45, 7) is 5.41. The quantitative estimate of drug-likeness (QED) is 0.657. The molecule has 0 spiro atoms. The van der Waals surface area contributed by atoms with E-state index < -0.39 is 11.7 Å². The molecule has 0 fully saturated rings. The van der Waals surface area contributed by atoms with Crippen molar-refractivity contribution >= 4 is 5.82 Å². The highest BCUT2D eigenvalue weighted by molar-refractivity contribution is 5.45. The van der Waals surface area contributed by atoms with Gasteiger partial charge in [0.25, 0.3) is 0 Å². The van der Waals surface area contributed by atoms with E-state index in [1.165, 1.54) is 4.68 Å². The smallest absolute Gasteiger partial charge is 0.308 e. The summed E-state index contributed by atoms with van der Waals surface area (Å²) in [7, 11) is 0. The van der Waals surface area contributed by atoms with E-state index in [-0.39, 0.29) is 11.6 Å². The highest BCUT2D eigenvalue weighted by Crippen LogP contribution is 2.31. The monoisotopic (exact) mass is 285 g/mol. The van der Waals surface area contributed by atoms with Crippen LogP contribution in [-0.2, 0) is 6.18 Å². The van der Waals surface area contributed by atoms with Crippen molar-refractivity contribution in [1.29, 1.82) is 0 Å². The van der Waals surface area contributed by atoms with Gasteiger partial charge in [-0.3, -0.25) is 0 Å². The number of aryl methyl sites for hydroxylation is 1. The van der Waals surface area contributed by atoms with Gasteiger partial charge in [-0.25, -0.2) is 15.5 Å². The molecule has 0 radical (unpaired) electrons.